The maximum absolute atomic E-state index is 12.0. The number of rotatable bonds is 3. The maximum Gasteiger partial charge on any atom is 0.316 e. The van der Waals surface area contributed by atoms with Crippen LogP contribution in [0.3, 0.4) is 0 Å². The molecule has 0 N–H and O–H groups in total. The van der Waals surface area contributed by atoms with E-state index in [1.54, 1.807) is 23.9 Å². The number of carbonyl (C=O) groups is 2. The third-order valence-electron chi connectivity index (χ3n) is 3.49. The van der Waals surface area contributed by atoms with Crippen molar-refractivity contribution in [3.63, 3.8) is 0 Å². The van der Waals surface area contributed by atoms with E-state index >= 15 is 0 Å². The number of fused-ring (bicyclic) bond motifs is 1. The molecule has 3 nitrogen and oxygen atoms in total. The minimum absolute atomic E-state index is 0.126. The Hall–Kier alpha value is -1.29. The zero-order valence-corrected chi connectivity index (χ0v) is 12.3. The fraction of sp³-hybridized carbons (Fsp3) is 0.467. The average Bonchev–Trinajstić information content (AvgIpc) is 2.39. The summed E-state index contributed by atoms with van der Waals surface area (Å²) in [6.45, 7) is 5.66. The molecule has 0 amide bonds. The largest absolute Gasteiger partial charge is 0.426 e. The number of Topliss-reactive ketones (excluding diaryl/α,β-unsaturated/α-hetero) is 1. The summed E-state index contributed by atoms with van der Waals surface area (Å²) < 4.78 is 5.38. The Morgan fingerprint density at radius 3 is 2.84 bits per heavy atom. The van der Waals surface area contributed by atoms with Crippen LogP contribution in [0.1, 0.15) is 44.0 Å². The molecular weight excluding hydrogens is 260 g/mol. The molecule has 1 aliphatic rings. The number of benzene rings is 1. The molecule has 0 radical (unpaired) electrons. The lowest BCUT2D eigenvalue weighted by molar-refractivity contribution is -0.144. The lowest BCUT2D eigenvalue weighted by Crippen LogP contribution is -2.28. The van der Waals surface area contributed by atoms with Gasteiger partial charge < -0.3 is 4.74 Å². The molecule has 0 aliphatic carbocycles. The predicted octanol–water partition coefficient (Wildman–Crippen LogP) is 3.71. The Bertz CT molecular complexity index is 520. The van der Waals surface area contributed by atoms with Gasteiger partial charge in [0.15, 0.2) is 5.78 Å². The monoisotopic (exact) mass is 278 g/mol. The number of carbonyl (C=O) groups excluding carboxylic acids is 2. The van der Waals surface area contributed by atoms with Crippen LogP contribution in [0.25, 0.3) is 0 Å². The van der Waals surface area contributed by atoms with Crippen LogP contribution in [0.5, 0.6) is 5.75 Å². The van der Waals surface area contributed by atoms with Crippen LogP contribution in [-0.4, -0.2) is 17.5 Å². The number of thioether (sulfide) groups is 1. The zero-order chi connectivity index (χ0) is 14.0. The van der Waals surface area contributed by atoms with Gasteiger partial charge in [-0.1, -0.05) is 6.92 Å². The quantitative estimate of drug-likeness (QED) is 0.624. The minimum atomic E-state index is -0.505. The topological polar surface area (TPSA) is 43.4 Å². The number of hydrogen-bond donors (Lipinski definition) is 0. The lowest BCUT2D eigenvalue weighted by Gasteiger charge is -2.21. The molecule has 1 heterocycles. The summed E-state index contributed by atoms with van der Waals surface area (Å²) in [7, 11) is 0. The SMILES string of the molecule is CCC(C)(C)C(=O)Oc1ccc2c(c1)C(=O)CCS2. The molecule has 4 heteroatoms. The van der Waals surface area contributed by atoms with Crippen LogP contribution in [0, 0.1) is 5.41 Å². The van der Waals surface area contributed by atoms with Crippen LogP contribution in [0.2, 0.25) is 0 Å². The zero-order valence-electron chi connectivity index (χ0n) is 11.5. The predicted molar refractivity (Wildman–Crippen MR) is 75.8 cm³/mol. The molecule has 1 aromatic carbocycles. The molecule has 2 rings (SSSR count). The minimum Gasteiger partial charge on any atom is -0.426 e. The van der Waals surface area contributed by atoms with E-state index in [-0.39, 0.29) is 11.8 Å². The van der Waals surface area contributed by atoms with Crippen LogP contribution in [0.4, 0.5) is 0 Å². The molecular formula is C15H18O3S. The second-order valence-electron chi connectivity index (χ2n) is 5.31. The first-order valence-electron chi connectivity index (χ1n) is 6.46. The van der Waals surface area contributed by atoms with Crippen molar-refractivity contribution in [1.82, 2.24) is 0 Å². The number of ether oxygens (including phenoxy) is 1. The molecule has 0 aromatic heterocycles. The van der Waals surface area contributed by atoms with Gasteiger partial charge in [0.05, 0.1) is 5.41 Å². The van der Waals surface area contributed by atoms with Gasteiger partial charge >= 0.3 is 5.97 Å². The van der Waals surface area contributed by atoms with Crippen molar-refractivity contribution in [2.45, 2.75) is 38.5 Å². The lowest BCUT2D eigenvalue weighted by atomic mass is 9.91. The van der Waals surface area contributed by atoms with Crippen molar-refractivity contribution in [3.8, 4) is 5.75 Å². The van der Waals surface area contributed by atoms with Crippen molar-refractivity contribution in [2.75, 3.05) is 5.75 Å². The Labute approximate surface area is 117 Å². The first-order chi connectivity index (χ1) is 8.94. The van der Waals surface area contributed by atoms with E-state index < -0.39 is 5.41 Å². The van der Waals surface area contributed by atoms with Gasteiger partial charge in [0, 0.05) is 22.6 Å². The smallest absolute Gasteiger partial charge is 0.316 e. The van der Waals surface area contributed by atoms with Gasteiger partial charge in [0.1, 0.15) is 5.75 Å². The van der Waals surface area contributed by atoms with Gasteiger partial charge in [-0.2, -0.15) is 0 Å². The fourth-order valence-corrected chi connectivity index (χ4v) is 2.69. The Balaban J connectivity index is 2.21. The summed E-state index contributed by atoms with van der Waals surface area (Å²) >= 11 is 1.67. The van der Waals surface area contributed by atoms with E-state index in [2.05, 4.69) is 0 Å². The van der Waals surface area contributed by atoms with Gasteiger partial charge in [-0.05, 0) is 38.5 Å². The Kier molecular flexibility index (Phi) is 3.99. The van der Waals surface area contributed by atoms with Gasteiger partial charge in [0.25, 0.3) is 0 Å². The highest BCUT2D eigenvalue weighted by atomic mass is 32.2. The second kappa shape index (κ2) is 5.37. The molecule has 1 aromatic rings. The molecule has 0 unspecified atom stereocenters. The van der Waals surface area contributed by atoms with E-state index in [1.807, 2.05) is 26.8 Å². The third-order valence-corrected chi connectivity index (χ3v) is 4.56. The van der Waals surface area contributed by atoms with Crippen molar-refractivity contribution in [3.05, 3.63) is 23.8 Å². The summed E-state index contributed by atoms with van der Waals surface area (Å²) in [5, 5.41) is 0. The highest BCUT2D eigenvalue weighted by Crippen LogP contribution is 2.33. The molecule has 0 bridgehead atoms. The standard InChI is InChI=1S/C15H18O3S/c1-4-15(2,3)14(17)18-10-5-6-13-11(9-10)12(16)7-8-19-13/h5-6,9H,4,7-8H2,1-3H3. The van der Waals surface area contributed by atoms with Crippen molar-refractivity contribution in [2.24, 2.45) is 5.41 Å². The van der Waals surface area contributed by atoms with Crippen molar-refractivity contribution < 1.29 is 14.3 Å². The molecule has 1 aliphatic heterocycles. The molecule has 0 spiro atoms. The van der Waals surface area contributed by atoms with E-state index in [0.29, 0.717) is 24.2 Å². The van der Waals surface area contributed by atoms with E-state index in [1.165, 1.54) is 0 Å². The highest BCUT2D eigenvalue weighted by molar-refractivity contribution is 7.99. The summed E-state index contributed by atoms with van der Waals surface area (Å²) in [6, 6.07) is 5.31. The Morgan fingerprint density at radius 1 is 1.42 bits per heavy atom. The normalized spacial score (nSPS) is 15.0. The summed E-state index contributed by atoms with van der Waals surface area (Å²) in [6.07, 6.45) is 1.26. The number of hydrogen-bond acceptors (Lipinski definition) is 4. The van der Waals surface area contributed by atoms with E-state index in [9.17, 15) is 9.59 Å². The molecule has 0 saturated carbocycles. The summed E-state index contributed by atoms with van der Waals surface area (Å²) in [4.78, 5) is 24.8. The van der Waals surface area contributed by atoms with Crippen LogP contribution < -0.4 is 4.74 Å². The summed E-state index contributed by atoms with van der Waals surface area (Å²) in [5.74, 6) is 1.15. The van der Waals surface area contributed by atoms with E-state index in [0.717, 1.165) is 10.6 Å². The highest BCUT2D eigenvalue weighted by Gasteiger charge is 2.28. The number of ketones is 1. The van der Waals surface area contributed by atoms with Gasteiger partial charge in [-0.15, -0.1) is 11.8 Å². The average molecular weight is 278 g/mol. The van der Waals surface area contributed by atoms with Crippen molar-refractivity contribution >= 4 is 23.5 Å². The Morgan fingerprint density at radius 2 is 2.16 bits per heavy atom. The van der Waals surface area contributed by atoms with Crippen LogP contribution in [-0.2, 0) is 4.79 Å². The maximum atomic E-state index is 12.0. The molecule has 0 atom stereocenters. The third kappa shape index (κ3) is 3.00. The first-order valence-corrected chi connectivity index (χ1v) is 7.45. The van der Waals surface area contributed by atoms with E-state index in [4.69, 9.17) is 4.74 Å². The van der Waals surface area contributed by atoms with Crippen LogP contribution >= 0.6 is 11.8 Å². The van der Waals surface area contributed by atoms with Crippen LogP contribution in [0.15, 0.2) is 23.1 Å². The summed E-state index contributed by atoms with van der Waals surface area (Å²) in [5.41, 5.74) is 0.171. The van der Waals surface area contributed by atoms with Gasteiger partial charge in [-0.25, -0.2) is 0 Å². The van der Waals surface area contributed by atoms with Crippen molar-refractivity contribution in [1.29, 1.82) is 0 Å². The van der Waals surface area contributed by atoms with Gasteiger partial charge in [-0.3, -0.25) is 9.59 Å². The molecule has 19 heavy (non-hydrogen) atoms. The number of esters is 1. The first kappa shape index (κ1) is 14.1. The van der Waals surface area contributed by atoms with Gasteiger partial charge in [0.2, 0.25) is 0 Å². The molecule has 0 saturated heterocycles. The molecule has 102 valence electrons. The fourth-order valence-electron chi connectivity index (χ4n) is 1.69. The second-order valence-corrected chi connectivity index (χ2v) is 6.44. The molecule has 0 fully saturated rings.